The van der Waals surface area contributed by atoms with Crippen molar-refractivity contribution in [3.05, 3.63) is 48.3 Å². The molecule has 2 aliphatic heterocycles. The fourth-order valence-corrected chi connectivity index (χ4v) is 4.41. The van der Waals surface area contributed by atoms with E-state index in [1.807, 2.05) is 30.3 Å². The number of imide groups is 1. The number of benzene rings is 1. The summed E-state index contributed by atoms with van der Waals surface area (Å²) in [6.07, 6.45) is 0.901. The molecule has 1 unspecified atom stereocenters. The van der Waals surface area contributed by atoms with Gasteiger partial charge in [-0.25, -0.2) is 9.59 Å². The minimum atomic E-state index is -1.24. The smallest absolute Gasteiger partial charge is 0.409 e. The van der Waals surface area contributed by atoms with Crippen molar-refractivity contribution in [2.75, 3.05) is 45.9 Å². The lowest BCUT2D eigenvalue weighted by Crippen LogP contribution is -2.71. The number of carbonyl (C=O) groups excluding carboxylic acids is 4. The fourth-order valence-electron chi connectivity index (χ4n) is 4.41. The predicted molar refractivity (Wildman–Crippen MR) is 135 cm³/mol. The van der Waals surface area contributed by atoms with Gasteiger partial charge >= 0.3 is 18.1 Å². The van der Waals surface area contributed by atoms with Crippen LogP contribution in [0, 0.1) is 5.92 Å². The molecule has 2 aliphatic rings. The molecule has 206 valence electrons. The number of likely N-dealkylation sites (tertiary alicyclic amines) is 1. The Morgan fingerprint density at radius 2 is 1.71 bits per heavy atom. The molecule has 0 saturated carbocycles. The van der Waals surface area contributed by atoms with E-state index in [0.29, 0.717) is 25.8 Å². The summed E-state index contributed by atoms with van der Waals surface area (Å²) in [5.74, 6) is -2.93. The molecular formula is C25H34N6O7. The maximum absolute atomic E-state index is 13.2. The van der Waals surface area contributed by atoms with Gasteiger partial charge in [0.05, 0.1) is 18.3 Å². The number of carboxylic acid groups (broad SMARTS) is 1. The highest BCUT2D eigenvalue weighted by molar-refractivity contribution is 6.09. The number of ether oxygens (including phenoxy) is 1. The van der Waals surface area contributed by atoms with E-state index in [9.17, 15) is 24.0 Å². The first kappa shape index (κ1) is 28.3. The lowest BCUT2D eigenvalue weighted by molar-refractivity contribution is -0.159. The third-order valence-electron chi connectivity index (χ3n) is 6.41. The zero-order valence-corrected chi connectivity index (χ0v) is 21.1. The minimum Gasteiger partial charge on any atom is -0.480 e. The average molecular weight is 531 g/mol. The predicted octanol–water partition coefficient (Wildman–Crippen LogP) is -0.0692. The Balaban J connectivity index is 1.52. The van der Waals surface area contributed by atoms with Crippen molar-refractivity contribution in [1.82, 2.24) is 25.3 Å². The van der Waals surface area contributed by atoms with Gasteiger partial charge in [-0.3, -0.25) is 19.3 Å². The number of hydrogen-bond donors (Lipinski definition) is 4. The Labute approximate surface area is 220 Å². The molecule has 0 bridgehead atoms. The molecule has 2 atom stereocenters. The zero-order valence-electron chi connectivity index (χ0n) is 21.1. The number of urea groups is 1. The number of β-lactam (4-membered cyclic amide) rings is 1. The summed E-state index contributed by atoms with van der Waals surface area (Å²) in [5, 5.41) is 14.0. The van der Waals surface area contributed by atoms with Gasteiger partial charge in [0.2, 0.25) is 11.8 Å². The van der Waals surface area contributed by atoms with Crippen molar-refractivity contribution in [1.29, 1.82) is 0 Å². The molecule has 13 nitrogen and oxygen atoms in total. The van der Waals surface area contributed by atoms with Crippen molar-refractivity contribution < 1.29 is 33.8 Å². The quantitative estimate of drug-likeness (QED) is 0.225. The van der Waals surface area contributed by atoms with Crippen LogP contribution in [0.25, 0.3) is 0 Å². The maximum atomic E-state index is 13.2. The Bertz CT molecular complexity index is 1040. The van der Waals surface area contributed by atoms with Gasteiger partial charge in [0.1, 0.15) is 12.6 Å². The molecule has 0 aromatic heterocycles. The number of carboxylic acids is 1. The minimum absolute atomic E-state index is 0.160. The number of carbonyl (C=O) groups is 5. The van der Waals surface area contributed by atoms with Crippen LogP contribution >= 0.6 is 0 Å². The first-order chi connectivity index (χ1) is 18.2. The summed E-state index contributed by atoms with van der Waals surface area (Å²) in [6.45, 7) is 4.31. The van der Waals surface area contributed by atoms with E-state index in [1.165, 1.54) is 9.80 Å². The average Bonchev–Trinajstić information content (AvgIpc) is 2.90. The van der Waals surface area contributed by atoms with Crippen molar-refractivity contribution >= 4 is 29.9 Å². The molecule has 38 heavy (non-hydrogen) atoms. The second-order valence-electron chi connectivity index (χ2n) is 9.07. The molecule has 0 spiro atoms. The topological polar surface area (TPSA) is 175 Å². The van der Waals surface area contributed by atoms with E-state index in [0.717, 1.165) is 10.5 Å². The van der Waals surface area contributed by atoms with E-state index >= 15 is 0 Å². The van der Waals surface area contributed by atoms with Crippen LogP contribution in [0.2, 0.25) is 0 Å². The lowest BCUT2D eigenvalue weighted by Gasteiger charge is -2.47. The fraction of sp³-hybridized carbons (Fsp3) is 0.480. The molecule has 5 N–H and O–H groups in total. The van der Waals surface area contributed by atoms with Crippen LogP contribution in [0.1, 0.15) is 18.4 Å². The van der Waals surface area contributed by atoms with Gasteiger partial charge in [-0.2, -0.15) is 0 Å². The molecule has 13 heteroatoms. The van der Waals surface area contributed by atoms with Crippen LogP contribution < -0.4 is 16.4 Å². The standard InChI is InChI=1S/C25H34N6O7/c1-17(26)27-10-5-8-19-21(22(34)28-16-20(32)33)31(23(19)35)24(36)29-11-13-30(14-12-29)25(37)38-15-9-18-6-3-2-4-7-18/h2-4,6-7,19,21,27H,1,5,8-16,26H2,(H,28,34)(H,32,33)/t19-,21?/m1/s1. The number of piperazine rings is 1. The van der Waals surface area contributed by atoms with Gasteiger partial charge in [-0.05, 0) is 18.4 Å². The molecule has 3 rings (SSSR count). The SMILES string of the molecule is C=C(N)NCCC[C@H]1C(=O)N(C(=O)N2CCN(C(=O)OCCc3ccccc3)CC2)C1C(=O)NCC(=O)O. The van der Waals surface area contributed by atoms with Crippen LogP contribution in [-0.4, -0.2) is 102 Å². The molecule has 0 aliphatic carbocycles. The second kappa shape index (κ2) is 13.3. The Hall–Kier alpha value is -4.29. The number of nitrogens with one attached hydrogen (secondary N) is 2. The van der Waals surface area contributed by atoms with Gasteiger partial charge in [0.25, 0.3) is 0 Å². The largest absolute Gasteiger partial charge is 0.480 e. The van der Waals surface area contributed by atoms with E-state index in [2.05, 4.69) is 17.2 Å². The van der Waals surface area contributed by atoms with Gasteiger partial charge in [0.15, 0.2) is 0 Å². The first-order valence-corrected chi connectivity index (χ1v) is 12.4. The molecule has 2 saturated heterocycles. The monoisotopic (exact) mass is 530 g/mol. The Kier molecular flexibility index (Phi) is 9.91. The van der Waals surface area contributed by atoms with Gasteiger partial charge in [0, 0.05) is 39.1 Å². The molecule has 1 aromatic carbocycles. The summed E-state index contributed by atoms with van der Waals surface area (Å²) in [5.41, 5.74) is 6.52. The van der Waals surface area contributed by atoms with Crippen molar-refractivity contribution in [3.8, 4) is 0 Å². The normalized spacial score (nSPS) is 18.8. The number of nitrogens with two attached hydrogens (primary N) is 1. The molecule has 2 heterocycles. The molecule has 5 amide bonds. The van der Waals surface area contributed by atoms with E-state index < -0.39 is 48.4 Å². The number of rotatable bonds is 11. The third-order valence-corrected chi connectivity index (χ3v) is 6.41. The highest BCUT2D eigenvalue weighted by Gasteiger charge is 2.55. The molecular weight excluding hydrogens is 496 g/mol. The molecule has 2 fully saturated rings. The summed E-state index contributed by atoms with van der Waals surface area (Å²) in [7, 11) is 0. The van der Waals surface area contributed by atoms with Crippen LogP contribution in [0.15, 0.2) is 42.7 Å². The second-order valence-corrected chi connectivity index (χ2v) is 9.07. The number of amides is 5. The molecule has 1 aromatic rings. The number of nitrogens with zero attached hydrogens (tertiary/aromatic N) is 3. The summed E-state index contributed by atoms with van der Waals surface area (Å²) >= 11 is 0. The van der Waals surface area contributed by atoms with Crippen molar-refractivity contribution in [2.45, 2.75) is 25.3 Å². The first-order valence-electron chi connectivity index (χ1n) is 12.4. The lowest BCUT2D eigenvalue weighted by atomic mass is 9.83. The highest BCUT2D eigenvalue weighted by atomic mass is 16.6. The van der Waals surface area contributed by atoms with Crippen LogP contribution in [-0.2, 0) is 25.5 Å². The highest BCUT2D eigenvalue weighted by Crippen LogP contribution is 2.32. The molecule has 0 radical (unpaired) electrons. The summed E-state index contributed by atoms with van der Waals surface area (Å²) < 4.78 is 5.35. The van der Waals surface area contributed by atoms with E-state index in [4.69, 9.17) is 15.6 Å². The maximum Gasteiger partial charge on any atom is 0.409 e. The van der Waals surface area contributed by atoms with Crippen molar-refractivity contribution in [3.63, 3.8) is 0 Å². The Morgan fingerprint density at radius 1 is 1.05 bits per heavy atom. The van der Waals surface area contributed by atoms with Crippen LogP contribution in [0.3, 0.4) is 0 Å². The van der Waals surface area contributed by atoms with Crippen LogP contribution in [0.4, 0.5) is 9.59 Å². The number of aliphatic carboxylic acids is 1. The van der Waals surface area contributed by atoms with Crippen molar-refractivity contribution in [2.24, 2.45) is 11.7 Å². The van der Waals surface area contributed by atoms with Crippen LogP contribution in [0.5, 0.6) is 0 Å². The number of hydrogen-bond acceptors (Lipinski definition) is 8. The Morgan fingerprint density at radius 3 is 2.34 bits per heavy atom. The third kappa shape index (κ3) is 7.37. The summed E-state index contributed by atoms with van der Waals surface area (Å²) in [6, 6.07) is 7.87. The van der Waals surface area contributed by atoms with Gasteiger partial charge in [-0.1, -0.05) is 36.9 Å². The van der Waals surface area contributed by atoms with E-state index in [1.54, 1.807) is 0 Å². The zero-order chi connectivity index (χ0) is 27.7. The van der Waals surface area contributed by atoms with E-state index in [-0.39, 0.29) is 38.6 Å². The summed E-state index contributed by atoms with van der Waals surface area (Å²) in [4.78, 5) is 65.8. The van der Waals surface area contributed by atoms with Gasteiger partial charge in [-0.15, -0.1) is 0 Å². The van der Waals surface area contributed by atoms with Gasteiger partial charge < -0.3 is 36.0 Å².